The summed E-state index contributed by atoms with van der Waals surface area (Å²) in [5.74, 6) is 1.31. The van der Waals surface area contributed by atoms with E-state index in [1.165, 1.54) is 19.3 Å². The molecular formula is C28H34N2O3. The van der Waals surface area contributed by atoms with Gasteiger partial charge < -0.3 is 14.6 Å². The number of nitrogens with zero attached hydrogens (tertiary/aromatic N) is 1. The fraction of sp³-hybridized carbons (Fsp3) is 0.571. The van der Waals surface area contributed by atoms with E-state index in [0.29, 0.717) is 17.7 Å². The summed E-state index contributed by atoms with van der Waals surface area (Å²) in [5.41, 5.74) is 2.75. The van der Waals surface area contributed by atoms with Gasteiger partial charge in [-0.3, -0.25) is 9.59 Å². The molecule has 3 unspecified atom stereocenters. The minimum Gasteiger partial charge on any atom is -0.381 e. The monoisotopic (exact) mass is 446 g/mol. The maximum atomic E-state index is 13.2. The van der Waals surface area contributed by atoms with Crippen LogP contribution in [0.3, 0.4) is 0 Å². The molecule has 33 heavy (non-hydrogen) atoms. The predicted molar refractivity (Wildman–Crippen MR) is 130 cm³/mol. The number of amides is 1. The van der Waals surface area contributed by atoms with Crippen molar-refractivity contribution < 1.29 is 9.53 Å². The standard InChI is InChI=1S/C28H34N2O3/c1-27-12-20-11-21(13-27)15-28(14-20,18-27)16-25(31)29-24-4-2-3-23-22(24)5-8-30(26(23)32)17-19-6-9-33-10-7-19/h2-5,8,12,19,21H,6-7,9-11,13-18H2,1H3,(H,29,31). The predicted octanol–water partition coefficient (Wildman–Crippen LogP) is 5.28. The number of nitrogens with one attached hydrogen (secondary N) is 1. The lowest BCUT2D eigenvalue weighted by Gasteiger charge is -2.57. The number of aromatic nitrogens is 1. The summed E-state index contributed by atoms with van der Waals surface area (Å²) in [6, 6.07) is 7.67. The Hall–Kier alpha value is -2.40. The third kappa shape index (κ3) is 3.95. The number of hydrogen-bond donors (Lipinski definition) is 1. The van der Waals surface area contributed by atoms with Crippen LogP contribution >= 0.6 is 0 Å². The van der Waals surface area contributed by atoms with Crippen molar-refractivity contribution in [3.63, 3.8) is 0 Å². The van der Waals surface area contributed by atoms with Gasteiger partial charge in [0.05, 0.1) is 0 Å². The van der Waals surface area contributed by atoms with Crippen LogP contribution in [0.2, 0.25) is 0 Å². The van der Waals surface area contributed by atoms with Gasteiger partial charge in [-0.15, -0.1) is 0 Å². The first-order valence-corrected chi connectivity index (χ1v) is 12.6. The van der Waals surface area contributed by atoms with Crippen molar-refractivity contribution in [2.24, 2.45) is 22.7 Å². The van der Waals surface area contributed by atoms with Crippen molar-refractivity contribution in [1.29, 1.82) is 0 Å². The Bertz CT molecular complexity index is 1190. The van der Waals surface area contributed by atoms with Gasteiger partial charge in [-0.05, 0) is 85.8 Å². The maximum absolute atomic E-state index is 13.2. The molecular weight excluding hydrogens is 412 g/mol. The SMILES string of the molecule is CC12C=C3CC(C1)CC(CC(=O)Nc1cccc4c(=O)n(CC5CCOCC5)ccc14)(C3)C2. The first-order valence-electron chi connectivity index (χ1n) is 12.6. The highest BCUT2D eigenvalue weighted by molar-refractivity contribution is 6.02. The minimum absolute atomic E-state index is 0.0241. The van der Waals surface area contributed by atoms with Crippen LogP contribution in [0.5, 0.6) is 0 Å². The van der Waals surface area contributed by atoms with Gasteiger partial charge in [0, 0.05) is 48.8 Å². The molecule has 7 rings (SSSR count). The second kappa shape index (κ2) is 7.83. The number of carbonyl (C=O) groups excluding carboxylic acids is 1. The van der Waals surface area contributed by atoms with Crippen molar-refractivity contribution in [2.75, 3.05) is 18.5 Å². The average molecular weight is 447 g/mol. The number of carbonyl (C=O) groups is 1. The number of pyridine rings is 1. The topological polar surface area (TPSA) is 60.3 Å². The van der Waals surface area contributed by atoms with Crippen LogP contribution < -0.4 is 10.9 Å². The lowest BCUT2D eigenvalue weighted by Crippen LogP contribution is -2.47. The van der Waals surface area contributed by atoms with Gasteiger partial charge in [0.15, 0.2) is 0 Å². The minimum atomic E-state index is 0.0241. The quantitative estimate of drug-likeness (QED) is 0.636. The molecule has 0 radical (unpaired) electrons. The molecule has 4 bridgehead atoms. The molecule has 174 valence electrons. The molecule has 1 aromatic carbocycles. The summed E-state index contributed by atoms with van der Waals surface area (Å²) in [4.78, 5) is 26.4. The van der Waals surface area contributed by atoms with Gasteiger partial charge in [-0.2, -0.15) is 0 Å². The molecule has 3 fully saturated rings. The van der Waals surface area contributed by atoms with E-state index in [1.807, 2.05) is 35.0 Å². The number of hydrogen-bond acceptors (Lipinski definition) is 3. The smallest absolute Gasteiger partial charge is 0.258 e. The van der Waals surface area contributed by atoms with Crippen molar-refractivity contribution in [3.05, 3.63) is 52.5 Å². The Morgan fingerprint density at radius 3 is 2.82 bits per heavy atom. The largest absolute Gasteiger partial charge is 0.381 e. The van der Waals surface area contributed by atoms with Gasteiger partial charge in [0.1, 0.15) is 0 Å². The van der Waals surface area contributed by atoms with Gasteiger partial charge in [-0.1, -0.05) is 24.6 Å². The second-order valence-electron chi connectivity index (χ2n) is 11.6. The molecule has 1 aliphatic heterocycles. The number of rotatable bonds is 5. The maximum Gasteiger partial charge on any atom is 0.258 e. The second-order valence-corrected chi connectivity index (χ2v) is 11.6. The van der Waals surface area contributed by atoms with Crippen LogP contribution in [0.15, 0.2) is 46.9 Å². The lowest BCUT2D eigenvalue weighted by atomic mass is 9.48. The third-order valence-electron chi connectivity index (χ3n) is 8.58. The fourth-order valence-electron chi connectivity index (χ4n) is 7.77. The molecule has 1 aromatic heterocycles. The normalized spacial score (nSPS) is 31.1. The van der Waals surface area contributed by atoms with Crippen molar-refractivity contribution >= 4 is 22.4 Å². The Morgan fingerprint density at radius 1 is 1.18 bits per heavy atom. The van der Waals surface area contributed by atoms with Gasteiger partial charge in [0.2, 0.25) is 5.91 Å². The summed E-state index contributed by atoms with van der Waals surface area (Å²) >= 11 is 0. The van der Waals surface area contributed by atoms with Crippen LogP contribution in [0.4, 0.5) is 5.69 Å². The molecule has 5 aliphatic rings. The highest BCUT2D eigenvalue weighted by Crippen LogP contribution is 2.63. The summed E-state index contributed by atoms with van der Waals surface area (Å²) in [6.07, 6.45) is 12.9. The van der Waals surface area contributed by atoms with E-state index in [1.54, 1.807) is 5.57 Å². The molecule has 2 saturated carbocycles. The molecule has 5 nitrogen and oxygen atoms in total. The molecule has 2 heterocycles. The number of benzene rings is 1. The molecule has 3 atom stereocenters. The molecule has 5 heteroatoms. The van der Waals surface area contributed by atoms with E-state index in [0.717, 1.165) is 62.4 Å². The molecule has 1 N–H and O–H groups in total. The molecule has 1 amide bonds. The Labute approximate surface area is 195 Å². The van der Waals surface area contributed by atoms with Gasteiger partial charge in [0.25, 0.3) is 5.56 Å². The molecule has 4 aliphatic carbocycles. The summed E-state index contributed by atoms with van der Waals surface area (Å²) in [6.45, 7) is 4.66. The van der Waals surface area contributed by atoms with E-state index < -0.39 is 0 Å². The van der Waals surface area contributed by atoms with E-state index in [4.69, 9.17) is 4.74 Å². The lowest BCUT2D eigenvalue weighted by molar-refractivity contribution is -0.121. The Kier molecular flexibility index (Phi) is 5.02. The highest BCUT2D eigenvalue weighted by Gasteiger charge is 2.52. The summed E-state index contributed by atoms with van der Waals surface area (Å²) in [7, 11) is 0. The Morgan fingerprint density at radius 2 is 2.03 bits per heavy atom. The Balaban J connectivity index is 1.21. The van der Waals surface area contributed by atoms with Crippen LogP contribution in [0.25, 0.3) is 10.8 Å². The molecule has 2 aromatic rings. The molecule has 1 saturated heterocycles. The number of ether oxygens (including phenoxy) is 1. The zero-order valence-corrected chi connectivity index (χ0v) is 19.6. The zero-order valence-electron chi connectivity index (χ0n) is 19.6. The average Bonchev–Trinajstić information content (AvgIpc) is 2.74. The van der Waals surface area contributed by atoms with E-state index in [9.17, 15) is 9.59 Å². The van der Waals surface area contributed by atoms with E-state index in [-0.39, 0.29) is 22.3 Å². The number of fused-ring (bicyclic) bond motifs is 1. The van der Waals surface area contributed by atoms with Gasteiger partial charge >= 0.3 is 0 Å². The van der Waals surface area contributed by atoms with Gasteiger partial charge in [-0.25, -0.2) is 0 Å². The summed E-state index contributed by atoms with van der Waals surface area (Å²) in [5, 5.41) is 4.69. The van der Waals surface area contributed by atoms with Crippen LogP contribution in [-0.4, -0.2) is 23.7 Å². The first-order chi connectivity index (χ1) is 15.9. The van der Waals surface area contributed by atoms with Crippen LogP contribution in [0.1, 0.15) is 58.3 Å². The number of allylic oxidation sites excluding steroid dienone is 2. The van der Waals surface area contributed by atoms with E-state index in [2.05, 4.69) is 18.3 Å². The third-order valence-corrected chi connectivity index (χ3v) is 8.58. The van der Waals surface area contributed by atoms with Crippen LogP contribution in [-0.2, 0) is 16.1 Å². The fourth-order valence-corrected chi connectivity index (χ4v) is 7.77. The first kappa shape index (κ1) is 21.2. The highest BCUT2D eigenvalue weighted by atomic mass is 16.5. The zero-order chi connectivity index (χ0) is 22.6. The number of anilines is 1. The summed E-state index contributed by atoms with van der Waals surface area (Å²) < 4.78 is 7.28. The van der Waals surface area contributed by atoms with Crippen LogP contribution in [0, 0.1) is 22.7 Å². The van der Waals surface area contributed by atoms with Crippen molar-refractivity contribution in [2.45, 2.75) is 64.8 Å². The van der Waals surface area contributed by atoms with E-state index >= 15 is 0 Å². The van der Waals surface area contributed by atoms with Crippen molar-refractivity contribution in [3.8, 4) is 0 Å². The molecule has 0 spiro atoms. The van der Waals surface area contributed by atoms with Crippen molar-refractivity contribution in [1.82, 2.24) is 4.57 Å².